The summed E-state index contributed by atoms with van der Waals surface area (Å²) in [5.41, 5.74) is 0.253. The zero-order valence-corrected chi connectivity index (χ0v) is 16.9. The molecule has 0 aromatic carbocycles. The van der Waals surface area contributed by atoms with Crippen LogP contribution in [0.1, 0.15) is 51.9 Å². The third kappa shape index (κ3) is 5.04. The Kier molecular flexibility index (Phi) is 7.31. The molecule has 0 radical (unpaired) electrons. The molecule has 2 saturated heterocycles. The molecule has 5 nitrogen and oxygen atoms in total. The molecule has 2 atom stereocenters. The lowest BCUT2D eigenvalue weighted by Crippen LogP contribution is -2.59. The fraction of sp³-hybridized carbons (Fsp3) is 0.947. The van der Waals surface area contributed by atoms with Gasteiger partial charge in [-0.05, 0) is 63.8 Å². The lowest BCUT2D eigenvalue weighted by molar-refractivity contribution is -0.0164. The summed E-state index contributed by atoms with van der Waals surface area (Å²) in [7, 11) is 1.90. The van der Waals surface area contributed by atoms with Gasteiger partial charge in [0.15, 0.2) is 5.96 Å². The molecule has 2 N–H and O–H groups in total. The van der Waals surface area contributed by atoms with Crippen LogP contribution in [0.5, 0.6) is 0 Å². The Morgan fingerprint density at radius 3 is 2.68 bits per heavy atom. The van der Waals surface area contributed by atoms with Crippen LogP contribution in [-0.2, 0) is 4.74 Å². The van der Waals surface area contributed by atoms with Gasteiger partial charge in [-0.25, -0.2) is 0 Å². The van der Waals surface area contributed by atoms with Gasteiger partial charge < -0.3 is 15.4 Å². The largest absolute Gasteiger partial charge is 0.381 e. The summed E-state index contributed by atoms with van der Waals surface area (Å²) in [6.45, 7) is 7.51. The number of rotatable bonds is 6. The van der Waals surface area contributed by atoms with E-state index in [1.165, 1.54) is 50.9 Å². The van der Waals surface area contributed by atoms with Gasteiger partial charge in [0.05, 0.1) is 0 Å². The predicted molar refractivity (Wildman–Crippen MR) is 108 cm³/mol. The Balaban J connectivity index is 1.52. The molecule has 3 aliphatic rings. The summed E-state index contributed by atoms with van der Waals surface area (Å²) in [4.78, 5) is 7.21. The van der Waals surface area contributed by atoms with Crippen molar-refractivity contribution in [1.29, 1.82) is 0 Å². The minimum Gasteiger partial charge on any atom is -0.381 e. The average molecular weight is 369 g/mol. The van der Waals surface area contributed by atoms with Gasteiger partial charge in [-0.2, -0.15) is 11.8 Å². The van der Waals surface area contributed by atoms with Crippen LogP contribution in [-0.4, -0.2) is 73.3 Å². The second-order valence-corrected chi connectivity index (χ2v) is 9.27. The lowest BCUT2D eigenvalue weighted by Gasteiger charge is -2.45. The number of thioether (sulfide) groups is 1. The van der Waals surface area contributed by atoms with E-state index < -0.39 is 0 Å². The highest BCUT2D eigenvalue weighted by Gasteiger charge is 2.39. The monoisotopic (exact) mass is 368 g/mol. The maximum absolute atomic E-state index is 5.66. The smallest absolute Gasteiger partial charge is 0.191 e. The van der Waals surface area contributed by atoms with Crippen molar-refractivity contribution in [2.45, 2.75) is 68.7 Å². The lowest BCUT2D eigenvalue weighted by atomic mass is 9.88. The van der Waals surface area contributed by atoms with Crippen molar-refractivity contribution < 1.29 is 4.74 Å². The van der Waals surface area contributed by atoms with Crippen LogP contribution < -0.4 is 10.6 Å². The second kappa shape index (κ2) is 9.47. The zero-order chi connectivity index (χ0) is 17.5. The summed E-state index contributed by atoms with van der Waals surface area (Å²) in [6.07, 6.45) is 8.82. The minimum atomic E-state index is 0.253. The third-order valence-electron chi connectivity index (χ3n) is 6.14. The van der Waals surface area contributed by atoms with Crippen LogP contribution in [0.2, 0.25) is 0 Å². The van der Waals surface area contributed by atoms with Gasteiger partial charge in [0, 0.05) is 43.6 Å². The second-order valence-electron chi connectivity index (χ2n) is 7.69. The van der Waals surface area contributed by atoms with Crippen molar-refractivity contribution in [3.63, 3.8) is 0 Å². The van der Waals surface area contributed by atoms with Crippen molar-refractivity contribution in [3.05, 3.63) is 0 Å². The van der Waals surface area contributed by atoms with E-state index in [9.17, 15) is 0 Å². The first-order chi connectivity index (χ1) is 12.3. The molecule has 3 rings (SSSR count). The van der Waals surface area contributed by atoms with Crippen molar-refractivity contribution in [1.82, 2.24) is 15.5 Å². The number of aliphatic imine (C=N–C) groups is 1. The zero-order valence-electron chi connectivity index (χ0n) is 16.1. The quantitative estimate of drug-likeness (QED) is 0.557. The molecule has 1 aliphatic carbocycles. The Morgan fingerprint density at radius 2 is 2.00 bits per heavy atom. The van der Waals surface area contributed by atoms with Crippen LogP contribution in [0.15, 0.2) is 4.99 Å². The van der Waals surface area contributed by atoms with E-state index in [2.05, 4.69) is 39.2 Å². The van der Waals surface area contributed by atoms with Gasteiger partial charge in [0.2, 0.25) is 0 Å². The summed E-state index contributed by atoms with van der Waals surface area (Å²) in [5, 5.41) is 8.17. The first-order valence-electron chi connectivity index (χ1n) is 10.2. The molecule has 2 unspecified atom stereocenters. The van der Waals surface area contributed by atoms with E-state index in [0.717, 1.165) is 43.8 Å². The summed E-state index contributed by atoms with van der Waals surface area (Å²) >= 11 is 2.11. The van der Waals surface area contributed by atoms with Crippen molar-refractivity contribution in [2.75, 3.05) is 45.6 Å². The first kappa shape index (κ1) is 19.3. The van der Waals surface area contributed by atoms with E-state index in [0.29, 0.717) is 6.04 Å². The normalized spacial score (nSPS) is 30.6. The molecule has 1 saturated carbocycles. The number of hydrogen-bond acceptors (Lipinski definition) is 4. The SMILES string of the molecule is CCSC1CCC(NC(=NC)NCC2(N3CCCC3)CCOCC2)C1. The van der Waals surface area contributed by atoms with Gasteiger partial charge in [0.25, 0.3) is 0 Å². The van der Waals surface area contributed by atoms with Gasteiger partial charge >= 0.3 is 0 Å². The van der Waals surface area contributed by atoms with Gasteiger partial charge in [-0.3, -0.25) is 9.89 Å². The van der Waals surface area contributed by atoms with E-state index >= 15 is 0 Å². The van der Waals surface area contributed by atoms with E-state index in [1.54, 1.807) is 0 Å². The highest BCUT2D eigenvalue weighted by molar-refractivity contribution is 7.99. The molecule has 6 heteroatoms. The summed E-state index contributed by atoms with van der Waals surface area (Å²) in [5.74, 6) is 2.21. The molecular formula is C19H36N4OS. The Hall–Kier alpha value is -0.460. The number of guanidine groups is 1. The predicted octanol–water partition coefficient (Wildman–Crippen LogP) is 2.47. The average Bonchev–Trinajstić information content (AvgIpc) is 3.32. The van der Waals surface area contributed by atoms with Gasteiger partial charge in [0.1, 0.15) is 0 Å². The van der Waals surface area contributed by atoms with E-state index in [1.807, 2.05) is 7.05 Å². The molecule has 0 aromatic heterocycles. The highest BCUT2D eigenvalue weighted by atomic mass is 32.2. The fourth-order valence-corrected chi connectivity index (χ4v) is 5.78. The summed E-state index contributed by atoms with van der Waals surface area (Å²) < 4.78 is 5.66. The maximum atomic E-state index is 5.66. The molecule has 0 bridgehead atoms. The van der Waals surface area contributed by atoms with Crippen LogP contribution in [0.4, 0.5) is 0 Å². The molecule has 2 aliphatic heterocycles. The molecule has 144 valence electrons. The maximum Gasteiger partial charge on any atom is 0.191 e. The van der Waals surface area contributed by atoms with Crippen molar-refractivity contribution >= 4 is 17.7 Å². The molecular weight excluding hydrogens is 332 g/mol. The topological polar surface area (TPSA) is 48.9 Å². The minimum absolute atomic E-state index is 0.253. The molecule has 0 spiro atoms. The van der Waals surface area contributed by atoms with Crippen LogP contribution >= 0.6 is 11.8 Å². The van der Waals surface area contributed by atoms with E-state index in [4.69, 9.17) is 4.74 Å². The Labute approximate surface area is 157 Å². The van der Waals surface area contributed by atoms with Crippen molar-refractivity contribution in [2.24, 2.45) is 4.99 Å². The fourth-order valence-electron chi connectivity index (χ4n) is 4.64. The van der Waals surface area contributed by atoms with Crippen molar-refractivity contribution in [3.8, 4) is 0 Å². The van der Waals surface area contributed by atoms with Crippen LogP contribution in [0, 0.1) is 0 Å². The first-order valence-corrected chi connectivity index (χ1v) is 11.2. The van der Waals surface area contributed by atoms with Gasteiger partial charge in [-0.1, -0.05) is 6.92 Å². The van der Waals surface area contributed by atoms with Crippen LogP contribution in [0.25, 0.3) is 0 Å². The number of nitrogens with zero attached hydrogens (tertiary/aromatic N) is 2. The number of nitrogens with one attached hydrogen (secondary N) is 2. The highest BCUT2D eigenvalue weighted by Crippen LogP contribution is 2.31. The molecule has 0 aromatic rings. The molecule has 2 heterocycles. The number of hydrogen-bond donors (Lipinski definition) is 2. The van der Waals surface area contributed by atoms with E-state index in [-0.39, 0.29) is 5.54 Å². The molecule has 25 heavy (non-hydrogen) atoms. The third-order valence-corrected chi connectivity index (χ3v) is 7.37. The number of ether oxygens (including phenoxy) is 1. The molecule has 0 amide bonds. The van der Waals surface area contributed by atoms with Gasteiger partial charge in [-0.15, -0.1) is 0 Å². The summed E-state index contributed by atoms with van der Waals surface area (Å²) in [6, 6.07) is 0.577. The Bertz CT molecular complexity index is 433. The molecule has 3 fully saturated rings. The Morgan fingerprint density at radius 1 is 1.24 bits per heavy atom. The standard InChI is InChI=1S/C19H36N4OS/c1-3-25-17-7-6-16(14-17)22-18(20-2)21-15-19(8-12-24-13-9-19)23-10-4-5-11-23/h16-17H,3-15H2,1-2H3,(H2,20,21,22). The van der Waals surface area contributed by atoms with Crippen LogP contribution in [0.3, 0.4) is 0 Å². The number of likely N-dealkylation sites (tertiary alicyclic amines) is 1.